The Hall–Kier alpha value is -3.29. The normalized spacial score (nSPS) is 17.5. The van der Waals surface area contributed by atoms with Crippen molar-refractivity contribution in [3.63, 3.8) is 0 Å². The van der Waals surface area contributed by atoms with Gasteiger partial charge in [-0.25, -0.2) is 17.9 Å². The molecule has 2 aromatic carbocycles. The van der Waals surface area contributed by atoms with Crippen LogP contribution in [0.1, 0.15) is 41.6 Å². The molecule has 11 heteroatoms. The van der Waals surface area contributed by atoms with Gasteiger partial charge in [-0.15, -0.1) is 0 Å². The number of carbonyl (C=O) groups excluding carboxylic acids is 2. The van der Waals surface area contributed by atoms with Crippen LogP contribution in [0.3, 0.4) is 0 Å². The zero-order chi connectivity index (χ0) is 26.1. The number of rotatable bonds is 9. The van der Waals surface area contributed by atoms with E-state index < -0.39 is 16.1 Å². The van der Waals surface area contributed by atoms with Crippen LogP contribution in [-0.2, 0) is 16.4 Å². The third kappa shape index (κ3) is 7.35. The van der Waals surface area contributed by atoms with Crippen LogP contribution in [-0.4, -0.2) is 40.6 Å². The summed E-state index contributed by atoms with van der Waals surface area (Å²) in [5.74, 6) is -0.0258. The summed E-state index contributed by atoms with van der Waals surface area (Å²) in [6.45, 7) is 0.567. The molecule has 9 nitrogen and oxygen atoms in total. The number of hydrogen-bond acceptors (Lipinski definition) is 6. The smallest absolute Gasteiger partial charge is 0.328 e. The fourth-order valence-corrected chi connectivity index (χ4v) is 5.27. The second kappa shape index (κ2) is 12.6. The molecule has 0 aliphatic heterocycles. The van der Waals surface area contributed by atoms with Crippen LogP contribution in [0.4, 0.5) is 4.79 Å². The number of halogens is 1. The molecule has 3 amide bonds. The molecule has 0 radical (unpaired) electrons. The Labute approximate surface area is 216 Å². The lowest BCUT2D eigenvalue weighted by Gasteiger charge is -2.26. The Morgan fingerprint density at radius 1 is 1.11 bits per heavy atom. The van der Waals surface area contributed by atoms with Crippen molar-refractivity contribution in [2.75, 3.05) is 20.2 Å². The molecule has 192 valence electrons. The van der Waals surface area contributed by atoms with Gasteiger partial charge in [-0.3, -0.25) is 4.79 Å². The minimum absolute atomic E-state index is 0.0249. The number of sulfonamides is 1. The van der Waals surface area contributed by atoms with Gasteiger partial charge in [0, 0.05) is 18.1 Å². The topological polar surface area (TPSA) is 137 Å². The molecule has 0 bridgehead atoms. The molecule has 2 aromatic rings. The number of methoxy groups -OCH3 is 1. The first-order valence-electron chi connectivity index (χ1n) is 11.6. The second-order valence-electron chi connectivity index (χ2n) is 8.59. The van der Waals surface area contributed by atoms with Crippen molar-refractivity contribution >= 4 is 33.6 Å². The van der Waals surface area contributed by atoms with Gasteiger partial charge >= 0.3 is 6.03 Å². The van der Waals surface area contributed by atoms with E-state index in [0.29, 0.717) is 29.3 Å². The largest absolute Gasteiger partial charge is 0.496 e. The average Bonchev–Trinajstić information content (AvgIpc) is 2.87. The Balaban J connectivity index is 1.49. The lowest BCUT2D eigenvalue weighted by Crippen LogP contribution is -2.42. The van der Waals surface area contributed by atoms with E-state index in [-0.39, 0.29) is 29.2 Å². The molecule has 1 aliphatic carbocycles. The third-order valence-electron chi connectivity index (χ3n) is 6.17. The van der Waals surface area contributed by atoms with Crippen LogP contribution in [0.2, 0.25) is 5.02 Å². The first-order chi connectivity index (χ1) is 17.2. The lowest BCUT2D eigenvalue weighted by molar-refractivity contribution is 0.0951. The molecule has 1 saturated carbocycles. The van der Waals surface area contributed by atoms with Crippen molar-refractivity contribution in [3.05, 3.63) is 58.6 Å². The zero-order valence-electron chi connectivity index (χ0n) is 19.9. The molecule has 0 saturated heterocycles. The number of nitriles is 1. The predicted molar refractivity (Wildman–Crippen MR) is 135 cm³/mol. The summed E-state index contributed by atoms with van der Waals surface area (Å²) in [5.41, 5.74) is 1.12. The molecule has 3 rings (SSSR count). The standard InChI is InChI=1S/C25H29ClN4O5S/c1-35-23-11-8-20(26)14-22(23)24(31)28-13-12-17-6-9-21(10-7-17)36(33,34)30-25(32)29-16-19-5-3-2-4-18(19)15-27/h6-11,14,18-19H,2-5,12-13,16H2,1H3,(H,28,31)(H2,29,30,32)/t18-,19?/m0/s1. The van der Waals surface area contributed by atoms with Gasteiger partial charge in [-0.1, -0.05) is 36.6 Å². The number of ether oxygens (including phenoxy) is 1. The van der Waals surface area contributed by atoms with Gasteiger partial charge < -0.3 is 15.4 Å². The van der Waals surface area contributed by atoms with E-state index in [1.807, 2.05) is 4.72 Å². The monoisotopic (exact) mass is 532 g/mol. The van der Waals surface area contributed by atoms with Crippen LogP contribution in [0.15, 0.2) is 47.4 Å². The molecule has 36 heavy (non-hydrogen) atoms. The fourth-order valence-electron chi connectivity index (χ4n) is 4.17. The first-order valence-corrected chi connectivity index (χ1v) is 13.5. The molecule has 3 N–H and O–H groups in total. The summed E-state index contributed by atoms with van der Waals surface area (Å²) >= 11 is 5.97. The maximum Gasteiger partial charge on any atom is 0.328 e. The zero-order valence-corrected chi connectivity index (χ0v) is 21.5. The summed E-state index contributed by atoms with van der Waals surface area (Å²) in [6.07, 6.45) is 4.08. The van der Waals surface area contributed by atoms with Crippen molar-refractivity contribution in [2.45, 2.75) is 37.0 Å². The number of hydrogen-bond donors (Lipinski definition) is 3. The Bertz CT molecular complexity index is 1230. The van der Waals surface area contributed by atoms with Crippen molar-refractivity contribution < 1.29 is 22.7 Å². The van der Waals surface area contributed by atoms with Gasteiger partial charge in [0.25, 0.3) is 15.9 Å². The molecule has 2 atom stereocenters. The molecule has 1 aliphatic rings. The van der Waals surface area contributed by atoms with Gasteiger partial charge in [0.15, 0.2) is 0 Å². The predicted octanol–water partition coefficient (Wildman–Crippen LogP) is 3.64. The fraction of sp³-hybridized carbons (Fsp3) is 0.400. The number of nitrogens with one attached hydrogen (secondary N) is 3. The number of urea groups is 1. The summed E-state index contributed by atoms with van der Waals surface area (Å²) in [5, 5.41) is 15.0. The SMILES string of the molecule is COc1ccc(Cl)cc1C(=O)NCCc1ccc(S(=O)(=O)NC(=O)NCC2CCCC[C@H]2C#N)cc1. The van der Waals surface area contributed by atoms with E-state index in [0.717, 1.165) is 31.2 Å². The third-order valence-corrected chi connectivity index (χ3v) is 7.75. The lowest BCUT2D eigenvalue weighted by atomic mass is 9.80. The van der Waals surface area contributed by atoms with Crippen molar-refractivity contribution in [1.29, 1.82) is 5.26 Å². The van der Waals surface area contributed by atoms with Crippen molar-refractivity contribution in [3.8, 4) is 11.8 Å². The summed E-state index contributed by atoms with van der Waals surface area (Å²) in [4.78, 5) is 24.6. The van der Waals surface area contributed by atoms with Crippen LogP contribution in [0, 0.1) is 23.2 Å². The van der Waals surface area contributed by atoms with Gasteiger partial charge in [0.1, 0.15) is 5.75 Å². The highest BCUT2D eigenvalue weighted by atomic mass is 35.5. The Kier molecular flexibility index (Phi) is 9.56. The van der Waals surface area contributed by atoms with E-state index >= 15 is 0 Å². The molecule has 0 heterocycles. The summed E-state index contributed by atoms with van der Waals surface area (Å²) in [6, 6.07) is 12.3. The van der Waals surface area contributed by atoms with E-state index in [1.165, 1.54) is 25.3 Å². The summed E-state index contributed by atoms with van der Waals surface area (Å²) < 4.78 is 32.3. The Morgan fingerprint density at radius 3 is 2.53 bits per heavy atom. The quantitative estimate of drug-likeness (QED) is 0.451. The van der Waals surface area contributed by atoms with E-state index in [2.05, 4.69) is 16.7 Å². The molecule has 0 spiro atoms. The molecule has 1 unspecified atom stereocenters. The van der Waals surface area contributed by atoms with Crippen molar-refractivity contribution in [2.24, 2.45) is 11.8 Å². The highest BCUT2D eigenvalue weighted by Crippen LogP contribution is 2.29. The Morgan fingerprint density at radius 2 is 1.83 bits per heavy atom. The van der Waals surface area contributed by atoms with Gasteiger partial charge in [0.05, 0.1) is 29.6 Å². The first kappa shape index (κ1) is 27.3. The van der Waals surface area contributed by atoms with Crippen LogP contribution in [0.25, 0.3) is 0 Å². The van der Waals surface area contributed by atoms with Gasteiger partial charge in [-0.2, -0.15) is 5.26 Å². The van der Waals surface area contributed by atoms with E-state index in [1.54, 1.807) is 24.3 Å². The minimum atomic E-state index is -4.05. The second-order valence-corrected chi connectivity index (χ2v) is 10.7. The van der Waals surface area contributed by atoms with Crippen molar-refractivity contribution in [1.82, 2.24) is 15.4 Å². The van der Waals surface area contributed by atoms with Crippen LogP contribution < -0.4 is 20.1 Å². The average molecular weight is 533 g/mol. The molecule has 0 aromatic heterocycles. The number of amides is 3. The highest BCUT2D eigenvalue weighted by Gasteiger charge is 2.26. The number of nitrogens with zero attached hydrogens (tertiary/aromatic N) is 1. The molecular formula is C25H29ClN4O5S. The van der Waals surface area contributed by atoms with Gasteiger partial charge in [0.2, 0.25) is 0 Å². The maximum absolute atomic E-state index is 12.6. The van der Waals surface area contributed by atoms with Crippen LogP contribution >= 0.6 is 11.6 Å². The highest BCUT2D eigenvalue weighted by molar-refractivity contribution is 7.90. The van der Waals surface area contributed by atoms with Crippen LogP contribution in [0.5, 0.6) is 5.75 Å². The molecular weight excluding hydrogens is 504 g/mol. The number of benzene rings is 2. The number of carbonyl (C=O) groups is 2. The maximum atomic E-state index is 12.6. The van der Waals surface area contributed by atoms with E-state index in [4.69, 9.17) is 16.3 Å². The van der Waals surface area contributed by atoms with Gasteiger partial charge in [-0.05, 0) is 61.1 Å². The summed E-state index contributed by atoms with van der Waals surface area (Å²) in [7, 11) is -2.59. The minimum Gasteiger partial charge on any atom is -0.496 e. The molecule has 1 fully saturated rings. The van der Waals surface area contributed by atoms with E-state index in [9.17, 15) is 23.3 Å².